The van der Waals surface area contributed by atoms with E-state index >= 15 is 0 Å². The van der Waals surface area contributed by atoms with E-state index in [9.17, 15) is 18.0 Å². The quantitative estimate of drug-likeness (QED) is 0.415. The van der Waals surface area contributed by atoms with Crippen molar-refractivity contribution in [3.63, 3.8) is 0 Å². The molecule has 0 radical (unpaired) electrons. The zero-order valence-corrected chi connectivity index (χ0v) is 22.7. The van der Waals surface area contributed by atoms with Crippen LogP contribution >= 0.6 is 0 Å². The molecule has 3 aromatic carbocycles. The first-order valence-corrected chi connectivity index (χ1v) is 14.2. The Morgan fingerprint density at radius 1 is 0.865 bits per heavy atom. The molecule has 0 heterocycles. The van der Waals surface area contributed by atoms with E-state index < -0.39 is 28.5 Å². The van der Waals surface area contributed by atoms with Crippen molar-refractivity contribution in [3.05, 3.63) is 101 Å². The minimum Gasteiger partial charge on any atom is -0.355 e. The summed E-state index contributed by atoms with van der Waals surface area (Å²) in [5.41, 5.74) is 3.94. The maximum absolute atomic E-state index is 14.0. The van der Waals surface area contributed by atoms with E-state index in [1.807, 2.05) is 74.5 Å². The van der Waals surface area contributed by atoms with E-state index in [-0.39, 0.29) is 12.5 Å². The first-order chi connectivity index (χ1) is 17.6. The first-order valence-electron chi connectivity index (χ1n) is 12.3. The molecule has 2 amide bonds. The van der Waals surface area contributed by atoms with E-state index in [0.29, 0.717) is 18.7 Å². The average Bonchev–Trinajstić information content (AvgIpc) is 2.86. The Morgan fingerprint density at radius 2 is 1.46 bits per heavy atom. The molecule has 37 heavy (non-hydrogen) atoms. The van der Waals surface area contributed by atoms with Gasteiger partial charge in [0.1, 0.15) is 12.6 Å². The van der Waals surface area contributed by atoms with Gasteiger partial charge in [0.2, 0.25) is 21.8 Å². The van der Waals surface area contributed by atoms with Crippen molar-refractivity contribution >= 4 is 27.5 Å². The molecule has 0 aliphatic carbocycles. The normalized spacial score (nSPS) is 12.0. The Labute approximate surface area is 220 Å². The fourth-order valence-electron chi connectivity index (χ4n) is 4.26. The molecule has 3 aromatic rings. The standard InChI is InChI=1S/C29H35N3O4S/c1-5-30-29(34)27(19-24-15-7-6-8-16-24)31(20-25-17-11-9-13-22(25)2)28(33)21-32(37(4,35)36)26-18-12-10-14-23(26)3/h6-18,27H,5,19-21H2,1-4H3,(H,30,34)/t27-/m0/s1. The predicted molar refractivity (Wildman–Crippen MR) is 148 cm³/mol. The minimum absolute atomic E-state index is 0.172. The van der Waals surface area contributed by atoms with Gasteiger partial charge in [-0.1, -0.05) is 72.8 Å². The van der Waals surface area contributed by atoms with Gasteiger partial charge in [0.15, 0.2) is 0 Å². The van der Waals surface area contributed by atoms with E-state index in [1.165, 1.54) is 4.90 Å². The summed E-state index contributed by atoms with van der Waals surface area (Å²) in [5, 5.41) is 2.86. The molecule has 7 nitrogen and oxygen atoms in total. The topological polar surface area (TPSA) is 86.8 Å². The maximum atomic E-state index is 14.0. The molecule has 3 rings (SSSR count). The lowest BCUT2D eigenvalue weighted by atomic mass is 10.0. The molecule has 0 unspecified atom stereocenters. The number of likely N-dealkylation sites (N-methyl/N-ethyl adjacent to an activating group) is 1. The number of sulfonamides is 1. The molecule has 8 heteroatoms. The number of aryl methyl sites for hydroxylation is 2. The van der Waals surface area contributed by atoms with Crippen molar-refractivity contribution < 1.29 is 18.0 Å². The number of rotatable bonds is 11. The number of anilines is 1. The summed E-state index contributed by atoms with van der Waals surface area (Å²) in [6.07, 6.45) is 1.39. The number of amides is 2. The van der Waals surface area contributed by atoms with Gasteiger partial charge in [-0.2, -0.15) is 0 Å². The summed E-state index contributed by atoms with van der Waals surface area (Å²) >= 11 is 0. The summed E-state index contributed by atoms with van der Waals surface area (Å²) in [6.45, 7) is 5.75. The molecule has 0 aromatic heterocycles. The van der Waals surface area contributed by atoms with Crippen molar-refractivity contribution in [1.82, 2.24) is 10.2 Å². The van der Waals surface area contributed by atoms with Crippen LogP contribution in [0.15, 0.2) is 78.9 Å². The van der Waals surface area contributed by atoms with Gasteiger partial charge in [0, 0.05) is 19.5 Å². The van der Waals surface area contributed by atoms with Crippen LogP contribution in [0.4, 0.5) is 5.69 Å². The Balaban J connectivity index is 2.06. The highest BCUT2D eigenvalue weighted by Gasteiger charge is 2.33. The predicted octanol–water partition coefficient (Wildman–Crippen LogP) is 3.85. The van der Waals surface area contributed by atoms with E-state index in [4.69, 9.17) is 0 Å². The first kappa shape index (κ1) is 27.9. The number of carbonyl (C=O) groups is 2. The van der Waals surface area contributed by atoms with Gasteiger partial charge in [-0.25, -0.2) is 8.42 Å². The van der Waals surface area contributed by atoms with Crippen molar-refractivity contribution in [1.29, 1.82) is 0 Å². The summed E-state index contributed by atoms with van der Waals surface area (Å²) < 4.78 is 26.8. The van der Waals surface area contributed by atoms with Crippen LogP contribution < -0.4 is 9.62 Å². The number of hydrogen-bond donors (Lipinski definition) is 1. The molecule has 1 N–H and O–H groups in total. The van der Waals surface area contributed by atoms with Crippen LogP contribution in [0, 0.1) is 13.8 Å². The van der Waals surface area contributed by atoms with Gasteiger partial charge >= 0.3 is 0 Å². The fraction of sp³-hybridized carbons (Fsp3) is 0.310. The number of para-hydroxylation sites is 1. The number of nitrogens with zero attached hydrogens (tertiary/aromatic N) is 2. The van der Waals surface area contributed by atoms with Crippen LogP contribution in [0.5, 0.6) is 0 Å². The van der Waals surface area contributed by atoms with Gasteiger partial charge in [0.25, 0.3) is 0 Å². The summed E-state index contributed by atoms with van der Waals surface area (Å²) in [7, 11) is -3.78. The molecule has 0 bridgehead atoms. The van der Waals surface area contributed by atoms with Gasteiger partial charge in [-0.15, -0.1) is 0 Å². The fourth-order valence-corrected chi connectivity index (χ4v) is 5.16. The second-order valence-electron chi connectivity index (χ2n) is 9.10. The monoisotopic (exact) mass is 521 g/mol. The second kappa shape index (κ2) is 12.5. The lowest BCUT2D eigenvalue weighted by Crippen LogP contribution is -2.53. The number of carbonyl (C=O) groups excluding carboxylic acids is 2. The lowest BCUT2D eigenvalue weighted by Gasteiger charge is -2.34. The third-order valence-electron chi connectivity index (χ3n) is 6.29. The SMILES string of the molecule is CCNC(=O)[C@H](Cc1ccccc1)N(Cc1ccccc1C)C(=O)CN(c1ccccc1C)S(C)(=O)=O. The molecular weight excluding hydrogens is 486 g/mol. The van der Waals surface area contributed by atoms with Gasteiger partial charge in [-0.3, -0.25) is 13.9 Å². The van der Waals surface area contributed by atoms with E-state index in [2.05, 4.69) is 5.32 Å². The molecule has 0 saturated carbocycles. The molecule has 196 valence electrons. The molecule has 0 aliphatic rings. The highest BCUT2D eigenvalue weighted by atomic mass is 32.2. The van der Waals surface area contributed by atoms with Crippen molar-refractivity contribution in [2.75, 3.05) is 23.7 Å². The number of hydrogen-bond acceptors (Lipinski definition) is 4. The number of nitrogens with one attached hydrogen (secondary N) is 1. The zero-order valence-electron chi connectivity index (χ0n) is 21.8. The van der Waals surface area contributed by atoms with Crippen LogP contribution in [-0.4, -0.2) is 50.5 Å². The lowest BCUT2D eigenvalue weighted by molar-refractivity contribution is -0.140. The van der Waals surface area contributed by atoms with Crippen LogP contribution in [0.2, 0.25) is 0 Å². The largest absolute Gasteiger partial charge is 0.355 e. The third-order valence-corrected chi connectivity index (χ3v) is 7.41. The third kappa shape index (κ3) is 7.43. The second-order valence-corrected chi connectivity index (χ2v) is 11.0. The molecule has 0 aliphatic heterocycles. The Bertz CT molecular complexity index is 1330. The van der Waals surface area contributed by atoms with E-state index in [0.717, 1.165) is 32.8 Å². The average molecular weight is 522 g/mol. The highest BCUT2D eigenvalue weighted by Crippen LogP contribution is 2.24. The van der Waals surface area contributed by atoms with Crippen molar-refractivity contribution in [2.45, 2.75) is 39.8 Å². The van der Waals surface area contributed by atoms with Gasteiger partial charge in [0.05, 0.1) is 11.9 Å². The molecule has 1 atom stereocenters. The summed E-state index contributed by atoms with van der Waals surface area (Å²) in [6, 6.07) is 23.4. The van der Waals surface area contributed by atoms with Crippen LogP contribution in [0.25, 0.3) is 0 Å². The number of benzene rings is 3. The smallest absolute Gasteiger partial charge is 0.244 e. The summed E-state index contributed by atoms with van der Waals surface area (Å²) in [5.74, 6) is -0.737. The van der Waals surface area contributed by atoms with Crippen LogP contribution in [-0.2, 0) is 32.6 Å². The molecule has 0 saturated heterocycles. The summed E-state index contributed by atoms with van der Waals surface area (Å²) in [4.78, 5) is 28.8. The molecule has 0 fully saturated rings. The Kier molecular flexibility index (Phi) is 9.47. The molecular formula is C29H35N3O4S. The van der Waals surface area contributed by atoms with Gasteiger partial charge in [-0.05, 0) is 49.1 Å². The van der Waals surface area contributed by atoms with Gasteiger partial charge < -0.3 is 10.2 Å². The molecule has 0 spiro atoms. The zero-order chi connectivity index (χ0) is 27.0. The highest BCUT2D eigenvalue weighted by molar-refractivity contribution is 7.92. The van der Waals surface area contributed by atoms with Crippen LogP contribution in [0.1, 0.15) is 29.2 Å². The Hall–Kier alpha value is -3.65. The van der Waals surface area contributed by atoms with Crippen molar-refractivity contribution in [3.8, 4) is 0 Å². The minimum atomic E-state index is -3.78. The van der Waals surface area contributed by atoms with Crippen molar-refractivity contribution in [2.24, 2.45) is 0 Å². The van der Waals surface area contributed by atoms with Crippen LogP contribution in [0.3, 0.4) is 0 Å². The Morgan fingerprint density at radius 3 is 2.05 bits per heavy atom. The maximum Gasteiger partial charge on any atom is 0.244 e. The van der Waals surface area contributed by atoms with E-state index in [1.54, 1.807) is 25.1 Å².